The molecule has 18 heavy (non-hydrogen) atoms. The van der Waals surface area contributed by atoms with Crippen LogP contribution in [0.15, 0.2) is 38.3 Å². The van der Waals surface area contributed by atoms with E-state index in [1.165, 1.54) is 12.1 Å². The highest BCUT2D eigenvalue weighted by atomic mass is 79.9. The summed E-state index contributed by atoms with van der Waals surface area (Å²) in [6.45, 7) is 0. The van der Waals surface area contributed by atoms with Crippen LogP contribution < -0.4 is 4.72 Å². The number of hydrogen-bond acceptors (Lipinski definition) is 3. The van der Waals surface area contributed by atoms with E-state index in [0.29, 0.717) is 4.47 Å². The van der Waals surface area contributed by atoms with Gasteiger partial charge in [-0.25, -0.2) is 12.8 Å². The molecule has 1 N–H and O–H groups in total. The van der Waals surface area contributed by atoms with E-state index in [1.807, 2.05) is 0 Å². The molecule has 0 aliphatic rings. The van der Waals surface area contributed by atoms with E-state index in [9.17, 15) is 12.8 Å². The molecule has 1 aromatic heterocycles. The Hall–Kier alpha value is -0.630. The van der Waals surface area contributed by atoms with Crippen molar-refractivity contribution < 1.29 is 12.8 Å². The Morgan fingerprint density at radius 2 is 2.06 bits per heavy atom. The Bertz CT molecular complexity index is 687. The molecule has 0 atom stereocenters. The first-order valence-electron chi connectivity index (χ1n) is 4.61. The zero-order valence-corrected chi connectivity index (χ0v) is 12.6. The van der Waals surface area contributed by atoms with Crippen molar-refractivity contribution in [2.24, 2.45) is 0 Å². The van der Waals surface area contributed by atoms with Crippen LogP contribution in [0, 0.1) is 5.82 Å². The molecule has 0 aliphatic heterocycles. The molecule has 2 aromatic rings. The molecular weight excluding hydrogens is 365 g/mol. The number of benzene rings is 1. The van der Waals surface area contributed by atoms with Crippen LogP contribution in [-0.4, -0.2) is 8.42 Å². The average Bonchev–Trinajstić information content (AvgIpc) is 2.69. The molecule has 0 fully saturated rings. The van der Waals surface area contributed by atoms with Gasteiger partial charge in [-0.3, -0.25) is 4.72 Å². The zero-order chi connectivity index (χ0) is 13.3. The highest BCUT2D eigenvalue weighted by Crippen LogP contribution is 2.30. The van der Waals surface area contributed by atoms with Crippen molar-refractivity contribution >= 4 is 54.6 Å². The van der Waals surface area contributed by atoms with Gasteiger partial charge in [0.2, 0.25) is 0 Å². The summed E-state index contributed by atoms with van der Waals surface area (Å²) in [6.07, 6.45) is 0. The van der Waals surface area contributed by atoms with Gasteiger partial charge in [-0.05, 0) is 45.6 Å². The highest BCUT2D eigenvalue weighted by Gasteiger charge is 2.20. The molecule has 1 aromatic carbocycles. The number of anilines is 1. The lowest BCUT2D eigenvalue weighted by Crippen LogP contribution is -2.13. The number of sulfonamides is 1. The van der Waals surface area contributed by atoms with Gasteiger partial charge in [0.25, 0.3) is 10.0 Å². The van der Waals surface area contributed by atoms with Gasteiger partial charge >= 0.3 is 0 Å². The zero-order valence-electron chi connectivity index (χ0n) is 8.65. The molecule has 0 amide bonds. The summed E-state index contributed by atoms with van der Waals surface area (Å²) < 4.78 is 40.2. The first-order chi connectivity index (χ1) is 8.40. The Labute approximate surface area is 121 Å². The van der Waals surface area contributed by atoms with Crippen molar-refractivity contribution in [3.8, 4) is 0 Å². The fourth-order valence-corrected chi connectivity index (χ4v) is 4.80. The number of rotatable bonds is 3. The van der Waals surface area contributed by atoms with E-state index < -0.39 is 15.8 Å². The van der Waals surface area contributed by atoms with Gasteiger partial charge in [0.15, 0.2) is 4.21 Å². The van der Waals surface area contributed by atoms with E-state index in [4.69, 9.17) is 11.6 Å². The number of nitrogens with one attached hydrogen (secondary N) is 1. The van der Waals surface area contributed by atoms with Gasteiger partial charge in [-0.15, -0.1) is 11.3 Å². The summed E-state index contributed by atoms with van der Waals surface area (Å²) in [5.74, 6) is -0.723. The third kappa shape index (κ3) is 2.85. The smallest absolute Gasteiger partial charge is 0.272 e. The SMILES string of the molecule is O=S(=O)(Nc1ccc(Cl)cc1F)c1sccc1Br. The molecule has 1 heterocycles. The third-order valence-electron chi connectivity index (χ3n) is 2.00. The van der Waals surface area contributed by atoms with Crippen molar-refractivity contribution in [2.75, 3.05) is 4.72 Å². The normalized spacial score (nSPS) is 11.5. The van der Waals surface area contributed by atoms with Crippen molar-refractivity contribution in [1.29, 1.82) is 0 Å². The molecule has 96 valence electrons. The van der Waals surface area contributed by atoms with E-state index in [-0.39, 0.29) is 14.9 Å². The van der Waals surface area contributed by atoms with Crippen LogP contribution in [0.25, 0.3) is 0 Å². The summed E-state index contributed by atoms with van der Waals surface area (Å²) in [5, 5.41) is 1.82. The van der Waals surface area contributed by atoms with Crippen molar-refractivity contribution in [3.05, 3.63) is 45.0 Å². The molecule has 0 unspecified atom stereocenters. The molecule has 0 bridgehead atoms. The fraction of sp³-hybridized carbons (Fsp3) is 0. The molecule has 8 heteroatoms. The lowest BCUT2D eigenvalue weighted by Gasteiger charge is -2.08. The summed E-state index contributed by atoms with van der Waals surface area (Å²) in [5.41, 5.74) is -0.139. The number of thiophene rings is 1. The first-order valence-corrected chi connectivity index (χ1v) is 8.14. The Morgan fingerprint density at radius 3 is 2.61 bits per heavy atom. The molecule has 0 radical (unpaired) electrons. The van der Waals surface area contributed by atoms with Crippen LogP contribution in [0.5, 0.6) is 0 Å². The number of hydrogen-bond donors (Lipinski definition) is 1. The Balaban J connectivity index is 2.37. The predicted octanol–water partition coefficient (Wildman–Crippen LogP) is 4.10. The Morgan fingerprint density at radius 1 is 1.33 bits per heavy atom. The van der Waals surface area contributed by atoms with Crippen molar-refractivity contribution in [3.63, 3.8) is 0 Å². The first kappa shape index (κ1) is 13.8. The topological polar surface area (TPSA) is 46.2 Å². The second-order valence-electron chi connectivity index (χ2n) is 3.29. The van der Waals surface area contributed by atoms with Gasteiger partial charge < -0.3 is 0 Å². The van der Waals surface area contributed by atoms with Crippen LogP contribution in [0.2, 0.25) is 5.02 Å². The quantitative estimate of drug-likeness (QED) is 0.884. The van der Waals surface area contributed by atoms with Gasteiger partial charge in [-0.2, -0.15) is 0 Å². The summed E-state index contributed by atoms with van der Waals surface area (Å²) in [7, 11) is -3.80. The fourth-order valence-electron chi connectivity index (χ4n) is 1.23. The second kappa shape index (κ2) is 5.16. The molecule has 0 aliphatic carbocycles. The van der Waals surface area contributed by atoms with Crippen LogP contribution in [0.1, 0.15) is 0 Å². The van der Waals surface area contributed by atoms with Gasteiger partial charge in [0, 0.05) is 9.50 Å². The van der Waals surface area contributed by atoms with Crippen molar-refractivity contribution in [1.82, 2.24) is 0 Å². The van der Waals surface area contributed by atoms with E-state index in [2.05, 4.69) is 20.7 Å². The molecular formula is C10H6BrClFNO2S2. The number of halogens is 3. The molecule has 0 saturated heterocycles. The van der Waals surface area contributed by atoms with Crippen LogP contribution in [-0.2, 0) is 10.0 Å². The van der Waals surface area contributed by atoms with Gasteiger partial charge in [0.05, 0.1) is 5.69 Å². The standard InChI is InChI=1S/C10H6BrClFNO2S2/c11-7-3-4-17-10(7)18(15,16)14-9-2-1-6(12)5-8(9)13/h1-5,14H. The monoisotopic (exact) mass is 369 g/mol. The largest absolute Gasteiger partial charge is 0.276 e. The van der Waals surface area contributed by atoms with E-state index >= 15 is 0 Å². The lowest BCUT2D eigenvalue weighted by molar-refractivity contribution is 0.600. The molecule has 3 nitrogen and oxygen atoms in total. The maximum absolute atomic E-state index is 13.5. The van der Waals surface area contributed by atoms with Gasteiger partial charge in [-0.1, -0.05) is 11.6 Å². The second-order valence-corrected chi connectivity index (χ2v) is 7.37. The van der Waals surface area contributed by atoms with Gasteiger partial charge in [0.1, 0.15) is 5.82 Å². The summed E-state index contributed by atoms with van der Waals surface area (Å²) >= 11 is 9.75. The third-order valence-corrected chi connectivity index (χ3v) is 6.27. The average molecular weight is 371 g/mol. The predicted molar refractivity (Wildman–Crippen MR) is 74.2 cm³/mol. The lowest BCUT2D eigenvalue weighted by atomic mass is 10.3. The molecule has 0 saturated carbocycles. The summed E-state index contributed by atoms with van der Waals surface area (Å²) in [4.78, 5) is 0. The minimum absolute atomic E-state index is 0.0943. The van der Waals surface area contributed by atoms with Crippen LogP contribution in [0.3, 0.4) is 0 Å². The van der Waals surface area contributed by atoms with Crippen LogP contribution in [0.4, 0.5) is 10.1 Å². The summed E-state index contributed by atoms with van der Waals surface area (Å²) in [6, 6.07) is 5.34. The minimum atomic E-state index is -3.80. The minimum Gasteiger partial charge on any atom is -0.276 e. The highest BCUT2D eigenvalue weighted by molar-refractivity contribution is 9.10. The Kier molecular flexibility index (Phi) is 3.96. The van der Waals surface area contributed by atoms with Crippen molar-refractivity contribution in [2.45, 2.75) is 4.21 Å². The van der Waals surface area contributed by atoms with Crippen LogP contribution >= 0.6 is 38.9 Å². The molecule has 2 rings (SSSR count). The maximum Gasteiger partial charge on any atom is 0.272 e. The van der Waals surface area contributed by atoms with E-state index in [0.717, 1.165) is 17.4 Å². The molecule has 0 spiro atoms. The maximum atomic E-state index is 13.5. The van der Waals surface area contributed by atoms with E-state index in [1.54, 1.807) is 11.4 Å².